The van der Waals surface area contributed by atoms with E-state index in [1.54, 1.807) is 0 Å². The van der Waals surface area contributed by atoms with Crippen molar-refractivity contribution in [3.05, 3.63) is 10.8 Å². The van der Waals surface area contributed by atoms with Gasteiger partial charge in [0.25, 0.3) is 0 Å². The number of hydrogen-bond acceptors (Lipinski definition) is 0. The van der Waals surface area contributed by atoms with Crippen LogP contribution in [0.3, 0.4) is 0 Å². The molecule has 0 amide bonds. The van der Waals surface area contributed by atoms with Crippen LogP contribution in [0.5, 0.6) is 0 Å². The minimum atomic E-state index is 0.791. The fourth-order valence-electron chi connectivity index (χ4n) is 93.8. The van der Waals surface area contributed by atoms with Crippen LogP contribution in [0.15, 0.2) is 0 Å². The van der Waals surface area contributed by atoms with Gasteiger partial charge in [-0.3, -0.25) is 0 Å². The molecule has 4 bridgehead atoms. The second kappa shape index (κ2) is 4.04. The Morgan fingerprint density at radius 2 is 0.695 bits per heavy atom. The molecule has 0 aromatic carbocycles. The number of hydrogen-bond donors (Lipinski definition) is 0. The predicted octanol–water partition coefficient (Wildman–Crippen LogP) is 7.47. The quantitative estimate of drug-likeness (QED) is 0.237. The highest BCUT2D eigenvalue weighted by Crippen LogP contribution is 3.81. The molecule has 82 heavy (non-hydrogen) atoms. The van der Waals surface area contributed by atoms with Crippen LogP contribution in [0.25, 0.3) is 0 Å². The SMILES string of the molecule is CC1C23C4CC5C6CC7C8C9C%10C%11C%12C%13C%14C%15CC%16C%17C%18C%19C%20C%21CC%22C4C4%23C%24C%25C%26C%24C4%24C4%27C%23C%23C2C2%28C%234C4%23C%27%29C%24%27C%24C%30C%19(C%20%26C%22%21%25)C%18%19C%17%18C%16%15C%14%15C%13%14C%12%13C%11%12C%10%11C9%10C89C76C6(C)C7(C)C58C1(C)C32C81C72C69C%103C%115C%126C%137C%148C%24(C%30%19C%18%158)C%277C%296C45C23C%281%23. The monoisotopic (exact) mass is 1030 g/mol. The standard InChI is InChI=1S/C82H50/c1-9-39(2)49-11-6-12-18-13-7-14-19-25-27-21-16-8-17-22-28-31-33-32-29-20-15-5-10(11)45(15)40(3)41(49,4)68-67(40)52(20,45)56(29)58(32)59(33)57(31)55(28)54(22)46(16,17)53(21)51(27)48(25)37-38-64-50-30-24(23-26(30)47(19,48)43(13,14)23)44(18,50)36-34-35-42(9,12)66(39)63(35)60(34)61(36,50)71(64)76(60)79(63,73(49,66)68)80(68)74(56,67)77(58)78(59)75(57)70(55)65(38,62(37,51)69(53,54)70)72(64,75)81(71,78)82(76,77)80/h9-38H,5-8H2,1-4H3. The first-order chi connectivity index (χ1) is 40.4. The van der Waals surface area contributed by atoms with Crippen molar-refractivity contribution in [2.24, 2.45) is 405 Å². The van der Waals surface area contributed by atoms with E-state index < -0.39 is 0 Å². The molecule has 0 radical (unpaired) electrons. The van der Waals surface area contributed by atoms with Crippen molar-refractivity contribution >= 4 is 0 Å². The summed E-state index contributed by atoms with van der Waals surface area (Å²) in [6, 6.07) is 0. The van der Waals surface area contributed by atoms with Crippen molar-refractivity contribution in [3.63, 3.8) is 0 Å². The Bertz CT molecular complexity index is 6070. The highest BCUT2D eigenvalue weighted by atomic mass is 15.8. The van der Waals surface area contributed by atoms with E-state index in [1.807, 2.05) is 25.7 Å². The molecule has 0 nitrogen and oxygen atoms in total. The Balaban J connectivity index is 0.730. The molecule has 59 fully saturated rings. The molecule has 59 rings (SSSR count). The van der Waals surface area contributed by atoms with Crippen molar-refractivity contribution in [2.45, 2.75) is 53.4 Å². The Kier molecular flexibility index (Phi) is 1.37. The van der Waals surface area contributed by atoms with Crippen LogP contribution < -0.4 is 0 Å². The highest BCUT2D eigenvalue weighted by molar-refractivity contribution is 6.33. The van der Waals surface area contributed by atoms with E-state index in [9.17, 15) is 0 Å². The second-order valence-electron chi connectivity index (χ2n) is 53.6. The normalized spacial score (nSPS) is 144. The molecule has 41 spiro atoms. The van der Waals surface area contributed by atoms with Crippen molar-refractivity contribution in [3.8, 4) is 0 Å². The van der Waals surface area contributed by atoms with E-state index in [1.165, 1.54) is 172 Å². The van der Waals surface area contributed by atoms with Crippen molar-refractivity contribution < 1.29 is 0 Å². The van der Waals surface area contributed by atoms with Gasteiger partial charge in [-0.05, 0) is 441 Å². The average molecular weight is 1040 g/mol. The molecule has 0 aromatic heterocycles. The van der Waals surface area contributed by atoms with Gasteiger partial charge in [-0.1, -0.05) is 27.7 Å². The minimum Gasteiger partial charge on any atom is -0.0614 e. The number of rotatable bonds is 0. The molecule has 74 atom stereocenters. The third kappa shape index (κ3) is 0.566. The van der Waals surface area contributed by atoms with E-state index in [0.29, 0.717) is 0 Å². The summed E-state index contributed by atoms with van der Waals surface area (Å²) in [7, 11) is 0. The molecule has 0 aromatic rings. The summed E-state index contributed by atoms with van der Waals surface area (Å²) in [6.45, 7) is 13.9. The Morgan fingerprint density at radius 3 is 1.54 bits per heavy atom. The van der Waals surface area contributed by atoms with E-state index in [2.05, 4.69) is 27.7 Å². The summed E-state index contributed by atoms with van der Waals surface area (Å²) in [5.74, 6) is 41.6. The topological polar surface area (TPSA) is 0 Å². The van der Waals surface area contributed by atoms with E-state index >= 15 is 0 Å². The van der Waals surface area contributed by atoms with E-state index in [4.69, 9.17) is 0 Å². The summed E-state index contributed by atoms with van der Waals surface area (Å²) in [5, 5.41) is 0. The third-order valence-corrected chi connectivity index (χ3v) is 72.8. The molecule has 0 aliphatic heterocycles. The van der Waals surface area contributed by atoms with Crippen LogP contribution in [-0.2, 0) is 0 Å². The summed E-state index contributed by atoms with van der Waals surface area (Å²) < 4.78 is 0. The lowest BCUT2D eigenvalue weighted by Crippen LogP contribution is -3.73. The maximum atomic E-state index is 3.58. The predicted molar refractivity (Wildman–Crippen MR) is 255 cm³/mol. The van der Waals surface area contributed by atoms with Crippen molar-refractivity contribution in [2.75, 3.05) is 0 Å². The fourth-order valence-corrected chi connectivity index (χ4v) is 93.8. The number of fused-ring (bicyclic) bond motifs is 16. The van der Waals surface area contributed by atoms with E-state index in [0.717, 1.165) is 244 Å². The summed E-state index contributed by atoms with van der Waals surface area (Å²) in [5.41, 5.74) is 45.7. The molecule has 0 heteroatoms. The summed E-state index contributed by atoms with van der Waals surface area (Å²) in [6.07, 6.45) is 7.77. The second-order valence-corrected chi connectivity index (χ2v) is 53.6. The lowest BCUT2D eigenvalue weighted by atomic mass is 8.27. The van der Waals surface area contributed by atoms with Crippen LogP contribution in [0.1, 0.15) is 53.4 Å². The zero-order valence-corrected chi connectivity index (χ0v) is 46.1. The van der Waals surface area contributed by atoms with Crippen LogP contribution >= 0.6 is 0 Å². The van der Waals surface area contributed by atoms with Gasteiger partial charge >= 0.3 is 0 Å². The molecule has 59 aliphatic rings. The Labute approximate surface area is 466 Å². The Hall–Kier alpha value is 0. The van der Waals surface area contributed by atoms with Gasteiger partial charge in [0.1, 0.15) is 0 Å². The van der Waals surface area contributed by atoms with Crippen molar-refractivity contribution in [1.82, 2.24) is 0 Å². The highest BCUT2D eigenvalue weighted by Gasteiger charge is 3.79. The van der Waals surface area contributed by atoms with Gasteiger partial charge in [0.05, 0.1) is 0 Å². The molecular weight excluding hydrogens is 985 g/mol. The van der Waals surface area contributed by atoms with Gasteiger partial charge in [0.15, 0.2) is 0 Å². The van der Waals surface area contributed by atoms with Crippen molar-refractivity contribution in [1.29, 1.82) is 0 Å². The molecule has 74 unspecified atom stereocenters. The minimum absolute atomic E-state index is 0.791. The molecule has 0 saturated heterocycles. The zero-order valence-electron chi connectivity index (χ0n) is 46.1. The van der Waals surface area contributed by atoms with Crippen LogP contribution in [0.4, 0.5) is 0 Å². The summed E-state index contributed by atoms with van der Waals surface area (Å²) in [4.78, 5) is 0. The van der Waals surface area contributed by atoms with Gasteiger partial charge in [-0.15, -0.1) is 0 Å². The fraction of sp³-hybridized carbons (Fsp3) is 1.00. The first-order valence-corrected chi connectivity index (χ1v) is 40.4. The first kappa shape index (κ1) is 27.8. The van der Waals surface area contributed by atoms with Gasteiger partial charge < -0.3 is 0 Å². The lowest BCUT2D eigenvalue weighted by molar-refractivity contribution is -1.27. The molecule has 59 saturated carbocycles. The molecular formula is C82H50. The van der Waals surface area contributed by atoms with Gasteiger partial charge in [-0.2, -0.15) is 0 Å². The smallest absolute Gasteiger partial charge is 0.0000262 e. The largest absolute Gasteiger partial charge is 0.0614 e. The Morgan fingerprint density at radius 1 is 0.207 bits per heavy atom. The van der Waals surface area contributed by atoms with Crippen LogP contribution in [-0.4, -0.2) is 0 Å². The molecule has 59 aliphatic carbocycles. The molecule has 378 valence electrons. The van der Waals surface area contributed by atoms with Gasteiger partial charge in [-0.25, -0.2) is 0 Å². The first-order valence-electron chi connectivity index (χ1n) is 40.4. The van der Waals surface area contributed by atoms with Crippen LogP contribution in [0, 0.1) is 416 Å². The average Bonchev–Trinajstić information content (AvgIpc) is 0.461. The van der Waals surface area contributed by atoms with Crippen LogP contribution in [0.2, 0.25) is 0 Å². The zero-order chi connectivity index (χ0) is 46.1. The lowest BCUT2D eigenvalue weighted by Gasteiger charge is -3.74. The molecule has 0 heterocycles. The maximum Gasteiger partial charge on any atom is -0.0000262 e. The third-order valence-electron chi connectivity index (χ3n) is 72.8. The summed E-state index contributed by atoms with van der Waals surface area (Å²) >= 11 is 0. The van der Waals surface area contributed by atoms with Gasteiger partial charge in [0, 0.05) is 0 Å². The maximum absolute atomic E-state index is 3.58. The molecule has 0 N–H and O–H groups in total. The van der Waals surface area contributed by atoms with E-state index in [-0.39, 0.29) is 0 Å². The van der Waals surface area contributed by atoms with Gasteiger partial charge in [0.2, 0.25) is 0 Å².